The topological polar surface area (TPSA) is 69.8 Å². The van der Waals surface area contributed by atoms with Gasteiger partial charge in [0.1, 0.15) is 23.0 Å². The Kier molecular flexibility index (Phi) is 5.20. The highest BCUT2D eigenvalue weighted by Gasteiger charge is 2.11. The van der Waals surface area contributed by atoms with Gasteiger partial charge >= 0.3 is 0 Å². The van der Waals surface area contributed by atoms with Crippen LogP contribution < -0.4 is 10.6 Å². The number of aromatic amines is 1. The van der Waals surface area contributed by atoms with Crippen LogP contribution in [-0.2, 0) is 6.42 Å². The number of hydrogen-bond donors (Lipinski definition) is 3. The molecular formula is C22H18F2N4O. The van der Waals surface area contributed by atoms with Gasteiger partial charge in [-0.15, -0.1) is 0 Å². The Morgan fingerprint density at radius 3 is 2.55 bits per heavy atom. The monoisotopic (exact) mass is 392 g/mol. The third-order valence-corrected chi connectivity index (χ3v) is 4.58. The molecule has 0 aliphatic heterocycles. The highest BCUT2D eigenvalue weighted by Crippen LogP contribution is 2.22. The molecule has 3 N–H and O–H groups in total. The first-order valence-electron chi connectivity index (χ1n) is 9.12. The van der Waals surface area contributed by atoms with Gasteiger partial charge in [-0.2, -0.15) is 0 Å². The molecule has 4 rings (SSSR count). The predicted molar refractivity (Wildman–Crippen MR) is 108 cm³/mol. The van der Waals surface area contributed by atoms with Gasteiger partial charge in [-0.3, -0.25) is 4.79 Å². The number of amides is 1. The minimum atomic E-state index is -0.705. The van der Waals surface area contributed by atoms with Crippen molar-refractivity contribution in [1.29, 1.82) is 0 Å². The van der Waals surface area contributed by atoms with Crippen molar-refractivity contribution < 1.29 is 13.6 Å². The van der Waals surface area contributed by atoms with Crippen LogP contribution in [0.25, 0.3) is 10.9 Å². The van der Waals surface area contributed by atoms with Crippen molar-refractivity contribution in [2.24, 2.45) is 0 Å². The maximum Gasteiger partial charge on any atom is 0.269 e. The maximum atomic E-state index is 13.7. The second-order valence-electron chi connectivity index (χ2n) is 6.52. The number of rotatable bonds is 6. The van der Waals surface area contributed by atoms with E-state index in [4.69, 9.17) is 0 Å². The highest BCUT2D eigenvalue weighted by atomic mass is 19.1. The van der Waals surface area contributed by atoms with Crippen LogP contribution in [-0.4, -0.2) is 22.4 Å². The van der Waals surface area contributed by atoms with Gasteiger partial charge in [0.15, 0.2) is 0 Å². The summed E-state index contributed by atoms with van der Waals surface area (Å²) >= 11 is 0. The zero-order chi connectivity index (χ0) is 20.2. The molecule has 1 amide bonds. The van der Waals surface area contributed by atoms with Crippen molar-refractivity contribution in [3.63, 3.8) is 0 Å². The molecule has 0 spiro atoms. The Hall–Kier alpha value is -3.74. The Labute approximate surface area is 165 Å². The van der Waals surface area contributed by atoms with Crippen LogP contribution in [0, 0.1) is 11.6 Å². The van der Waals surface area contributed by atoms with Crippen LogP contribution in [0.2, 0.25) is 0 Å². The normalized spacial score (nSPS) is 10.8. The first-order valence-corrected chi connectivity index (χ1v) is 9.12. The fourth-order valence-electron chi connectivity index (χ4n) is 3.10. The van der Waals surface area contributed by atoms with Gasteiger partial charge < -0.3 is 15.6 Å². The van der Waals surface area contributed by atoms with Crippen LogP contribution in [0.15, 0.2) is 67.0 Å². The van der Waals surface area contributed by atoms with E-state index in [1.165, 1.54) is 18.3 Å². The largest absolute Gasteiger partial charge is 0.361 e. The number of halogens is 2. The molecule has 2 aromatic carbocycles. The summed E-state index contributed by atoms with van der Waals surface area (Å²) in [6.45, 7) is 0.461. The molecule has 2 heterocycles. The fraction of sp³-hybridized carbons (Fsp3) is 0.0909. The standard InChI is InChI=1S/C22H18F2N4O/c23-17-5-3-6-18(24)21(17)28-15-8-9-20(27-13-15)22(29)25-11-10-14-12-26-19-7-2-1-4-16(14)19/h1-9,12-13,26,28H,10-11H2,(H,25,29). The third kappa shape index (κ3) is 4.08. The quantitative estimate of drug-likeness (QED) is 0.451. The minimum Gasteiger partial charge on any atom is -0.361 e. The van der Waals surface area contributed by atoms with E-state index in [1.807, 2.05) is 30.5 Å². The summed E-state index contributed by atoms with van der Waals surface area (Å²) in [7, 11) is 0. The van der Waals surface area contributed by atoms with E-state index in [0.717, 1.165) is 28.6 Å². The van der Waals surface area contributed by atoms with E-state index in [1.54, 1.807) is 6.07 Å². The van der Waals surface area contributed by atoms with E-state index < -0.39 is 11.6 Å². The number of hydrogen-bond acceptors (Lipinski definition) is 3. The average molecular weight is 392 g/mol. The van der Waals surface area contributed by atoms with Crippen LogP contribution in [0.1, 0.15) is 16.1 Å². The Balaban J connectivity index is 1.35. The number of H-pyrrole nitrogens is 1. The molecular weight excluding hydrogens is 374 g/mol. The van der Waals surface area contributed by atoms with Crippen LogP contribution in [0.3, 0.4) is 0 Å². The molecule has 0 aliphatic rings. The molecule has 0 aliphatic carbocycles. The Morgan fingerprint density at radius 1 is 1.00 bits per heavy atom. The SMILES string of the molecule is O=C(NCCc1c[nH]c2ccccc12)c1ccc(Nc2c(F)cccc2F)cn1. The van der Waals surface area contributed by atoms with Crippen molar-refractivity contribution in [2.75, 3.05) is 11.9 Å². The number of carbonyl (C=O) groups is 1. The van der Waals surface area contributed by atoms with Gasteiger partial charge in [0.2, 0.25) is 0 Å². The fourth-order valence-corrected chi connectivity index (χ4v) is 3.10. The van der Waals surface area contributed by atoms with Crippen LogP contribution >= 0.6 is 0 Å². The van der Waals surface area contributed by atoms with Gasteiger partial charge in [0, 0.05) is 23.6 Å². The van der Waals surface area contributed by atoms with E-state index in [9.17, 15) is 13.6 Å². The number of benzene rings is 2. The zero-order valence-electron chi connectivity index (χ0n) is 15.4. The lowest BCUT2D eigenvalue weighted by Crippen LogP contribution is -2.26. The number of pyridine rings is 1. The Bertz CT molecular complexity index is 1130. The smallest absolute Gasteiger partial charge is 0.269 e. The summed E-state index contributed by atoms with van der Waals surface area (Å²) in [6.07, 6.45) is 3.99. The van der Waals surface area contributed by atoms with Gasteiger partial charge in [-0.05, 0) is 42.3 Å². The second-order valence-corrected chi connectivity index (χ2v) is 6.52. The van der Waals surface area contributed by atoms with E-state index in [2.05, 4.69) is 20.6 Å². The second kappa shape index (κ2) is 8.10. The summed E-state index contributed by atoms with van der Waals surface area (Å²) in [5, 5.41) is 6.61. The van der Waals surface area contributed by atoms with Gasteiger partial charge in [-0.25, -0.2) is 13.8 Å². The number of nitrogens with one attached hydrogen (secondary N) is 3. The predicted octanol–water partition coefficient (Wildman–Crippen LogP) is 4.56. The molecule has 29 heavy (non-hydrogen) atoms. The average Bonchev–Trinajstić information content (AvgIpc) is 3.14. The summed E-state index contributed by atoms with van der Waals surface area (Å²) in [5.74, 6) is -1.72. The molecule has 7 heteroatoms. The third-order valence-electron chi connectivity index (χ3n) is 4.58. The molecule has 0 radical (unpaired) electrons. The molecule has 0 fully saturated rings. The van der Waals surface area contributed by atoms with Crippen molar-refractivity contribution >= 4 is 28.2 Å². The van der Waals surface area contributed by atoms with Gasteiger partial charge in [0.05, 0.1) is 11.9 Å². The minimum absolute atomic E-state index is 0.225. The lowest BCUT2D eigenvalue weighted by atomic mass is 10.1. The number of nitrogens with zero attached hydrogens (tertiary/aromatic N) is 1. The lowest BCUT2D eigenvalue weighted by Gasteiger charge is -2.09. The summed E-state index contributed by atoms with van der Waals surface area (Å²) in [6, 6.07) is 14.6. The Morgan fingerprint density at radius 2 is 1.79 bits per heavy atom. The highest BCUT2D eigenvalue weighted by molar-refractivity contribution is 5.92. The molecule has 0 saturated carbocycles. The molecule has 0 bridgehead atoms. The molecule has 146 valence electrons. The van der Waals surface area contributed by atoms with Gasteiger partial charge in [-0.1, -0.05) is 24.3 Å². The van der Waals surface area contributed by atoms with E-state index in [-0.39, 0.29) is 17.3 Å². The first-order chi connectivity index (χ1) is 14.1. The van der Waals surface area contributed by atoms with Crippen LogP contribution in [0.4, 0.5) is 20.2 Å². The molecule has 0 unspecified atom stereocenters. The number of para-hydroxylation sites is 2. The summed E-state index contributed by atoms with van der Waals surface area (Å²) < 4.78 is 27.4. The molecule has 0 saturated heterocycles. The lowest BCUT2D eigenvalue weighted by molar-refractivity contribution is 0.0949. The summed E-state index contributed by atoms with van der Waals surface area (Å²) in [4.78, 5) is 19.6. The van der Waals surface area contributed by atoms with Crippen molar-refractivity contribution in [1.82, 2.24) is 15.3 Å². The van der Waals surface area contributed by atoms with E-state index in [0.29, 0.717) is 18.7 Å². The molecule has 0 atom stereocenters. The summed E-state index contributed by atoms with van der Waals surface area (Å²) in [5.41, 5.74) is 2.53. The van der Waals surface area contributed by atoms with E-state index >= 15 is 0 Å². The number of aromatic nitrogens is 2. The maximum absolute atomic E-state index is 13.7. The van der Waals surface area contributed by atoms with Crippen molar-refractivity contribution in [3.8, 4) is 0 Å². The van der Waals surface area contributed by atoms with Crippen molar-refractivity contribution in [3.05, 3.63) is 89.9 Å². The molecule has 4 aromatic rings. The number of carbonyl (C=O) groups excluding carboxylic acids is 1. The van der Waals surface area contributed by atoms with Crippen LogP contribution in [0.5, 0.6) is 0 Å². The molecule has 5 nitrogen and oxygen atoms in total. The number of anilines is 2. The first kappa shape index (κ1) is 18.6. The van der Waals surface area contributed by atoms with Gasteiger partial charge in [0.25, 0.3) is 5.91 Å². The zero-order valence-corrected chi connectivity index (χ0v) is 15.4. The number of fused-ring (bicyclic) bond motifs is 1. The van der Waals surface area contributed by atoms with Crippen molar-refractivity contribution in [2.45, 2.75) is 6.42 Å². The molecule has 2 aromatic heterocycles.